The molecule has 0 amide bonds. The smallest absolute Gasteiger partial charge is 0.0778 e. The molecule has 3 unspecified atom stereocenters. The molecule has 2 aliphatic carbocycles. The maximum absolute atomic E-state index is 6.13. The molecule has 2 bridgehead atoms. The van der Waals surface area contributed by atoms with Crippen molar-refractivity contribution in [3.8, 4) is 0 Å². The van der Waals surface area contributed by atoms with Gasteiger partial charge in [-0.1, -0.05) is 43.3 Å². The summed E-state index contributed by atoms with van der Waals surface area (Å²) in [7, 11) is 0. The van der Waals surface area contributed by atoms with Gasteiger partial charge in [0.2, 0.25) is 0 Å². The van der Waals surface area contributed by atoms with E-state index in [4.69, 9.17) is 22.5 Å². The van der Waals surface area contributed by atoms with E-state index in [1.165, 1.54) is 19.3 Å². The number of rotatable bonds is 1. The first kappa shape index (κ1) is 10.5. The maximum Gasteiger partial charge on any atom is 0.0891 e. The summed E-state index contributed by atoms with van der Waals surface area (Å²) in [5.41, 5.74) is 1.45. The molecule has 2 aliphatic rings. The molecule has 2 rings (SSSR count). The molecule has 0 N–H and O–H groups in total. The Morgan fingerprint density at radius 3 is 2.08 bits per heavy atom. The van der Waals surface area contributed by atoms with Crippen LogP contribution in [0.4, 0.5) is 0 Å². The molecule has 13 heavy (non-hydrogen) atoms. The molecular weight excluding hydrogens is 222 g/mol. The van der Waals surface area contributed by atoms with Crippen LogP contribution in [0, 0.1) is 16.7 Å². The van der Waals surface area contributed by atoms with E-state index in [0.717, 1.165) is 5.92 Å². The van der Waals surface area contributed by atoms with Gasteiger partial charge in [0, 0.05) is 5.66 Å². The van der Waals surface area contributed by atoms with E-state index in [9.17, 15) is 0 Å². The molecule has 0 aromatic heterocycles. The molecule has 3 heteroatoms. The van der Waals surface area contributed by atoms with Crippen LogP contribution in [0.1, 0.15) is 40.0 Å². The largest absolute Gasteiger partial charge is 0.0891 e. The zero-order chi connectivity index (χ0) is 9.85. The number of hydrogen-bond acceptors (Lipinski definition) is 0. The molecule has 0 heterocycles. The van der Waals surface area contributed by atoms with E-state index in [1.807, 2.05) is 0 Å². The van der Waals surface area contributed by atoms with Gasteiger partial charge < -0.3 is 0 Å². The molecule has 76 valence electrons. The molecular formula is C10H17Cl2P. The highest BCUT2D eigenvalue weighted by Gasteiger charge is 2.62. The van der Waals surface area contributed by atoms with Crippen molar-refractivity contribution in [2.45, 2.75) is 45.7 Å². The topological polar surface area (TPSA) is 0 Å². The Morgan fingerprint density at radius 1 is 1.23 bits per heavy atom. The summed E-state index contributed by atoms with van der Waals surface area (Å²) in [6.45, 7) is 6.41. The lowest BCUT2D eigenvalue weighted by Crippen LogP contribution is -2.33. The van der Waals surface area contributed by atoms with Gasteiger partial charge in [-0.25, -0.2) is 0 Å². The van der Waals surface area contributed by atoms with Crippen LogP contribution in [-0.4, -0.2) is 5.66 Å². The molecule has 0 aromatic carbocycles. The molecule has 0 aliphatic heterocycles. The van der Waals surface area contributed by atoms with Crippen LogP contribution in [0.5, 0.6) is 0 Å². The second-order valence-electron chi connectivity index (χ2n) is 5.39. The van der Waals surface area contributed by atoms with Crippen molar-refractivity contribution in [3.05, 3.63) is 0 Å². The molecule has 0 radical (unpaired) electrons. The fraction of sp³-hybridized carbons (Fsp3) is 1.00. The van der Waals surface area contributed by atoms with Crippen LogP contribution in [-0.2, 0) is 0 Å². The van der Waals surface area contributed by atoms with Crippen molar-refractivity contribution in [1.82, 2.24) is 0 Å². The highest BCUT2D eigenvalue weighted by Crippen LogP contribution is 2.75. The summed E-state index contributed by atoms with van der Waals surface area (Å²) < 4.78 is 0. The minimum atomic E-state index is -0.779. The average Bonchev–Trinajstić information content (AvgIpc) is 2.34. The predicted octanol–water partition coefficient (Wildman–Crippen LogP) is 4.99. The molecule has 0 saturated heterocycles. The fourth-order valence-corrected chi connectivity index (χ4v) is 6.53. The second-order valence-corrected chi connectivity index (χ2v) is 9.23. The summed E-state index contributed by atoms with van der Waals surface area (Å²) in [5, 5.41) is 0. The van der Waals surface area contributed by atoms with Gasteiger partial charge in [0.25, 0.3) is 0 Å². The highest BCUT2D eigenvalue weighted by molar-refractivity contribution is 8.04. The number of fused-ring (bicyclic) bond motifs is 2. The maximum atomic E-state index is 6.13. The summed E-state index contributed by atoms with van der Waals surface area (Å²) in [5.74, 6) is 0.866. The van der Waals surface area contributed by atoms with Crippen LogP contribution < -0.4 is 0 Å². The van der Waals surface area contributed by atoms with Gasteiger partial charge in [0.05, 0.1) is 6.63 Å². The summed E-state index contributed by atoms with van der Waals surface area (Å²) in [4.78, 5) is 0. The highest BCUT2D eigenvalue weighted by atomic mass is 35.9. The average molecular weight is 239 g/mol. The Morgan fingerprint density at radius 2 is 1.85 bits per heavy atom. The predicted molar refractivity (Wildman–Crippen MR) is 61.6 cm³/mol. The minimum absolute atomic E-state index is 0.410. The summed E-state index contributed by atoms with van der Waals surface area (Å²) in [6.07, 6.45) is 3.98. The van der Waals surface area contributed by atoms with E-state index in [0.29, 0.717) is 16.5 Å². The zero-order valence-corrected chi connectivity index (χ0v) is 10.9. The summed E-state index contributed by atoms with van der Waals surface area (Å²) in [6, 6.07) is 0. The van der Waals surface area contributed by atoms with Crippen molar-refractivity contribution < 1.29 is 0 Å². The van der Waals surface area contributed by atoms with Gasteiger partial charge in [-0.05, 0) is 36.0 Å². The SMILES string of the molecule is CC1(C)C2CCC1(C)C(P(Cl)Cl)C2. The lowest BCUT2D eigenvalue weighted by Gasteiger charge is -2.39. The Kier molecular flexibility index (Phi) is 2.43. The lowest BCUT2D eigenvalue weighted by molar-refractivity contribution is 0.156. The zero-order valence-electron chi connectivity index (χ0n) is 8.48. The van der Waals surface area contributed by atoms with E-state index in [2.05, 4.69) is 20.8 Å². The third kappa shape index (κ3) is 1.22. The van der Waals surface area contributed by atoms with E-state index < -0.39 is 6.63 Å². The van der Waals surface area contributed by atoms with Gasteiger partial charge in [0.15, 0.2) is 0 Å². The molecule has 2 fully saturated rings. The van der Waals surface area contributed by atoms with E-state index >= 15 is 0 Å². The Hall–Kier alpha value is 1.01. The van der Waals surface area contributed by atoms with Crippen molar-refractivity contribution in [3.63, 3.8) is 0 Å². The quantitative estimate of drug-likeness (QED) is 0.565. The first-order chi connectivity index (χ1) is 5.89. The van der Waals surface area contributed by atoms with Crippen molar-refractivity contribution in [2.75, 3.05) is 0 Å². The molecule has 2 saturated carbocycles. The molecule has 0 nitrogen and oxygen atoms in total. The lowest BCUT2D eigenvalue weighted by atomic mass is 9.71. The number of halogens is 2. The fourth-order valence-electron chi connectivity index (χ4n) is 3.46. The van der Waals surface area contributed by atoms with Crippen LogP contribution in [0.3, 0.4) is 0 Å². The first-order valence-corrected chi connectivity index (χ1v) is 8.22. The van der Waals surface area contributed by atoms with E-state index in [1.54, 1.807) is 0 Å². The van der Waals surface area contributed by atoms with Crippen molar-refractivity contribution in [2.24, 2.45) is 16.7 Å². The van der Waals surface area contributed by atoms with Gasteiger partial charge >= 0.3 is 0 Å². The van der Waals surface area contributed by atoms with Crippen LogP contribution >= 0.6 is 29.1 Å². The first-order valence-electron chi connectivity index (χ1n) is 5.00. The van der Waals surface area contributed by atoms with E-state index in [-0.39, 0.29) is 0 Å². The Balaban J connectivity index is 2.33. The van der Waals surface area contributed by atoms with Crippen molar-refractivity contribution in [1.29, 1.82) is 0 Å². The van der Waals surface area contributed by atoms with Crippen LogP contribution in [0.2, 0.25) is 0 Å². The van der Waals surface area contributed by atoms with Crippen LogP contribution in [0.25, 0.3) is 0 Å². The molecule has 3 atom stereocenters. The normalized spacial score (nSPS) is 47.5. The standard InChI is InChI=1S/C10H17Cl2P/c1-9(2)7-4-5-10(9,3)8(6-7)13(11)12/h7-8H,4-6H2,1-3H3. The third-order valence-electron chi connectivity index (χ3n) is 4.98. The van der Waals surface area contributed by atoms with Gasteiger partial charge in [0.1, 0.15) is 0 Å². The van der Waals surface area contributed by atoms with Crippen LogP contribution in [0.15, 0.2) is 0 Å². The second kappa shape index (κ2) is 3.00. The Bertz CT molecular complexity index is 227. The van der Waals surface area contributed by atoms with Crippen molar-refractivity contribution >= 4 is 29.1 Å². The van der Waals surface area contributed by atoms with Gasteiger partial charge in [-0.15, -0.1) is 0 Å². The van der Waals surface area contributed by atoms with Gasteiger partial charge in [-0.3, -0.25) is 0 Å². The molecule has 0 spiro atoms. The monoisotopic (exact) mass is 238 g/mol. The minimum Gasteiger partial charge on any atom is -0.0778 e. The number of hydrogen-bond donors (Lipinski definition) is 0. The third-order valence-corrected chi connectivity index (χ3v) is 7.65. The summed E-state index contributed by atoms with van der Waals surface area (Å²) >= 11 is 12.3. The van der Waals surface area contributed by atoms with Gasteiger partial charge in [-0.2, -0.15) is 0 Å². The molecule has 0 aromatic rings. The Labute approximate surface area is 91.7 Å².